The van der Waals surface area contributed by atoms with Crippen LogP contribution < -0.4 is 4.72 Å². The Morgan fingerprint density at radius 2 is 1.88 bits per heavy atom. The highest BCUT2D eigenvalue weighted by molar-refractivity contribution is 9.10. The second-order valence-electron chi connectivity index (χ2n) is 6.55. The van der Waals surface area contributed by atoms with E-state index in [4.69, 9.17) is 4.74 Å². The summed E-state index contributed by atoms with van der Waals surface area (Å²) in [6.45, 7) is -3.80. The van der Waals surface area contributed by atoms with E-state index < -0.39 is 62.7 Å². The molecule has 168 valence electrons. The molecule has 0 unspecified atom stereocenters. The number of benzene rings is 2. The summed E-state index contributed by atoms with van der Waals surface area (Å²) < 4.78 is 87.8. The number of sulfonamides is 1. The zero-order chi connectivity index (χ0) is 23.4. The highest BCUT2D eigenvalue weighted by Crippen LogP contribution is 2.37. The Balaban J connectivity index is 2.00. The number of phenolic OH excluding ortho intramolecular Hbond substituents is 1. The fourth-order valence-electron chi connectivity index (χ4n) is 3.01. The summed E-state index contributed by atoms with van der Waals surface area (Å²) in [5.74, 6) is -4.37. The molecule has 4 bridgehead atoms. The van der Waals surface area contributed by atoms with Crippen LogP contribution >= 0.6 is 15.9 Å². The Kier molecular flexibility index (Phi) is 5.36. The van der Waals surface area contributed by atoms with E-state index in [9.17, 15) is 35.9 Å². The van der Waals surface area contributed by atoms with Crippen molar-refractivity contribution >= 4 is 37.6 Å². The van der Waals surface area contributed by atoms with Gasteiger partial charge in [0.25, 0.3) is 10.0 Å². The van der Waals surface area contributed by atoms with Crippen LogP contribution in [0.25, 0.3) is 11.1 Å². The maximum absolute atomic E-state index is 14.5. The molecule has 4 rings (SSSR count). The van der Waals surface area contributed by atoms with Crippen molar-refractivity contribution in [2.75, 3.05) is 4.72 Å². The molecule has 0 amide bonds. The second kappa shape index (κ2) is 7.78. The first-order chi connectivity index (χ1) is 15.0. The van der Waals surface area contributed by atoms with Gasteiger partial charge in [0.1, 0.15) is 34.6 Å². The molecule has 0 saturated carbocycles. The van der Waals surface area contributed by atoms with E-state index in [1.807, 2.05) is 4.72 Å². The largest absolute Gasteiger partial charge is 0.505 e. The monoisotopic (exact) mass is 535 g/mol. The molecule has 0 saturated heterocycles. The number of phenols is 1. The summed E-state index contributed by atoms with van der Waals surface area (Å²) in [5.41, 5.74) is -2.09. The molecule has 1 aromatic heterocycles. The van der Waals surface area contributed by atoms with Crippen LogP contribution in [0.1, 0.15) is 22.6 Å². The van der Waals surface area contributed by atoms with E-state index in [2.05, 4.69) is 21.0 Å². The van der Waals surface area contributed by atoms with Gasteiger partial charge in [0, 0.05) is 23.4 Å². The van der Waals surface area contributed by atoms with Gasteiger partial charge < -0.3 is 9.84 Å². The van der Waals surface area contributed by atoms with Gasteiger partial charge in [-0.1, -0.05) is 0 Å². The van der Waals surface area contributed by atoms with Crippen LogP contribution in [0.3, 0.4) is 0 Å². The van der Waals surface area contributed by atoms with E-state index in [-0.39, 0.29) is 26.0 Å². The van der Waals surface area contributed by atoms with Gasteiger partial charge in [-0.15, -0.1) is 0 Å². The fraction of sp³-hybridized carbons (Fsp3) is 0.111. The minimum absolute atomic E-state index is 0.187. The molecular formula is C18H10BrF4N3O5S. The Morgan fingerprint density at radius 1 is 1.16 bits per heavy atom. The highest BCUT2D eigenvalue weighted by Gasteiger charge is 2.28. The van der Waals surface area contributed by atoms with Crippen molar-refractivity contribution in [3.8, 4) is 16.9 Å². The quantitative estimate of drug-likeness (QED) is 0.357. The number of carbonyl (C=O) groups excluding carboxylic acids is 1. The number of alkyl halides is 2. The number of cyclic esters (lactones) is 1. The van der Waals surface area contributed by atoms with Crippen molar-refractivity contribution in [2.24, 2.45) is 0 Å². The van der Waals surface area contributed by atoms with Crippen LogP contribution in [0.4, 0.5) is 23.2 Å². The lowest BCUT2D eigenvalue weighted by Gasteiger charge is -2.13. The third-order valence-electron chi connectivity index (χ3n) is 4.49. The third-order valence-corrected chi connectivity index (χ3v) is 6.48. The standard InChI is InChI=1S/C18H10BrF4N3O5S/c19-10-1-7-2-15(16(10)27)32(29,30)25-13-3-8(11(20)4-12(13)21)9-5-26(18(22)23)24-14(9)6-31-17(7)28/h1-5,18,25,27H,6H2. The molecule has 14 heteroatoms. The number of aromatic hydroxyl groups is 1. The Morgan fingerprint density at radius 3 is 2.56 bits per heavy atom. The van der Waals surface area contributed by atoms with Crippen molar-refractivity contribution in [1.82, 2.24) is 9.78 Å². The number of hydrogen-bond acceptors (Lipinski definition) is 6. The van der Waals surface area contributed by atoms with Crippen LogP contribution in [0.15, 0.2) is 39.8 Å². The Bertz CT molecular complexity index is 1380. The Hall–Kier alpha value is -3.13. The first-order valence-corrected chi connectivity index (χ1v) is 10.8. The lowest BCUT2D eigenvalue weighted by molar-refractivity contribution is 0.0446. The lowest BCUT2D eigenvalue weighted by atomic mass is 10.0. The maximum Gasteiger partial charge on any atom is 0.338 e. The van der Waals surface area contributed by atoms with E-state index in [0.717, 1.165) is 24.4 Å². The molecule has 8 nitrogen and oxygen atoms in total. The highest BCUT2D eigenvalue weighted by atomic mass is 79.9. The predicted molar refractivity (Wildman–Crippen MR) is 105 cm³/mol. The molecular weight excluding hydrogens is 526 g/mol. The summed E-state index contributed by atoms with van der Waals surface area (Å²) in [5, 5.41) is 13.7. The molecule has 2 heterocycles. The smallest absolute Gasteiger partial charge is 0.338 e. The average molecular weight is 536 g/mol. The summed E-state index contributed by atoms with van der Waals surface area (Å²) in [7, 11) is -4.70. The number of esters is 1. The molecule has 2 N–H and O–H groups in total. The van der Waals surface area contributed by atoms with Gasteiger partial charge >= 0.3 is 12.5 Å². The van der Waals surface area contributed by atoms with Crippen LogP contribution in [0.5, 0.6) is 5.75 Å². The van der Waals surface area contributed by atoms with Crippen molar-refractivity contribution in [1.29, 1.82) is 0 Å². The van der Waals surface area contributed by atoms with Gasteiger partial charge in [-0.25, -0.2) is 26.7 Å². The van der Waals surface area contributed by atoms with Crippen molar-refractivity contribution < 1.29 is 40.6 Å². The number of hydrogen-bond donors (Lipinski definition) is 2. The van der Waals surface area contributed by atoms with Gasteiger partial charge in [0.2, 0.25) is 0 Å². The predicted octanol–water partition coefficient (Wildman–Crippen LogP) is 4.16. The normalized spacial score (nSPS) is 15.1. The number of anilines is 1. The van der Waals surface area contributed by atoms with Gasteiger partial charge in [0.05, 0.1) is 15.7 Å². The van der Waals surface area contributed by atoms with Crippen LogP contribution in [-0.4, -0.2) is 29.3 Å². The molecule has 3 aromatic rings. The molecule has 0 aliphatic carbocycles. The van der Waals surface area contributed by atoms with Gasteiger partial charge in [-0.2, -0.15) is 13.9 Å². The number of halogens is 5. The maximum atomic E-state index is 14.5. The number of nitrogens with zero attached hydrogens (tertiary/aromatic N) is 2. The second-order valence-corrected chi connectivity index (χ2v) is 9.05. The zero-order valence-electron chi connectivity index (χ0n) is 15.4. The SMILES string of the molecule is O=C1OCc2nn(C(F)F)cc2-c2cc(c(F)cc2F)NS(=O)(=O)c2cc1cc(Br)c2O. The third kappa shape index (κ3) is 3.79. The molecule has 2 aromatic carbocycles. The molecule has 0 spiro atoms. The van der Waals surface area contributed by atoms with Gasteiger partial charge in [0.15, 0.2) is 0 Å². The molecule has 32 heavy (non-hydrogen) atoms. The van der Waals surface area contributed by atoms with E-state index in [1.54, 1.807) is 0 Å². The molecule has 1 aliphatic rings. The molecule has 0 fully saturated rings. The topological polar surface area (TPSA) is 111 Å². The van der Waals surface area contributed by atoms with Gasteiger partial charge in [-0.05, 0) is 34.1 Å². The van der Waals surface area contributed by atoms with Crippen LogP contribution in [0.2, 0.25) is 0 Å². The van der Waals surface area contributed by atoms with Crippen molar-refractivity contribution in [3.63, 3.8) is 0 Å². The van der Waals surface area contributed by atoms with E-state index in [1.165, 1.54) is 0 Å². The number of aromatic nitrogens is 2. The minimum atomic E-state index is -4.70. The fourth-order valence-corrected chi connectivity index (χ4v) is 4.80. The Labute approximate surface area is 185 Å². The van der Waals surface area contributed by atoms with Gasteiger partial charge in [-0.3, -0.25) is 4.72 Å². The molecule has 0 radical (unpaired) electrons. The van der Waals surface area contributed by atoms with Crippen LogP contribution in [-0.2, 0) is 21.4 Å². The number of fused-ring (bicyclic) bond motifs is 6. The lowest BCUT2D eigenvalue weighted by Crippen LogP contribution is -2.16. The first kappa shape index (κ1) is 22.1. The van der Waals surface area contributed by atoms with Crippen molar-refractivity contribution in [3.05, 3.63) is 57.8 Å². The summed E-state index contributed by atoms with van der Waals surface area (Å²) in [6.07, 6.45) is 0.755. The summed E-state index contributed by atoms with van der Waals surface area (Å²) in [6, 6.07) is 2.95. The first-order valence-electron chi connectivity index (χ1n) is 8.56. The molecule has 0 atom stereocenters. The minimum Gasteiger partial charge on any atom is -0.505 e. The number of rotatable bonds is 1. The van der Waals surface area contributed by atoms with Crippen LogP contribution in [0, 0.1) is 11.6 Å². The number of ether oxygens (including phenoxy) is 1. The number of carbonyl (C=O) groups is 1. The number of nitrogens with one attached hydrogen (secondary N) is 1. The summed E-state index contributed by atoms with van der Waals surface area (Å²) >= 11 is 2.92. The summed E-state index contributed by atoms with van der Waals surface area (Å²) in [4.78, 5) is 11.7. The molecule has 1 aliphatic heterocycles. The van der Waals surface area contributed by atoms with Crippen molar-refractivity contribution in [2.45, 2.75) is 18.1 Å². The van der Waals surface area contributed by atoms with E-state index >= 15 is 0 Å². The van der Waals surface area contributed by atoms with E-state index in [0.29, 0.717) is 6.07 Å². The average Bonchev–Trinajstić information content (AvgIpc) is 3.13. The zero-order valence-corrected chi connectivity index (χ0v) is 17.8.